The van der Waals surface area contributed by atoms with Crippen LogP contribution in [0.4, 0.5) is 0 Å². The molecule has 1 aliphatic rings. The highest BCUT2D eigenvalue weighted by molar-refractivity contribution is 5.81. The fourth-order valence-corrected chi connectivity index (χ4v) is 4.93. The van der Waals surface area contributed by atoms with Crippen LogP contribution in [0.15, 0.2) is 30.3 Å². The van der Waals surface area contributed by atoms with Crippen LogP contribution >= 0.6 is 0 Å². The van der Waals surface area contributed by atoms with Gasteiger partial charge in [0.1, 0.15) is 0 Å². The second kappa shape index (κ2) is 11.5. The van der Waals surface area contributed by atoms with Gasteiger partial charge in [-0.2, -0.15) is 0 Å². The van der Waals surface area contributed by atoms with Crippen molar-refractivity contribution in [3.8, 4) is 11.8 Å². The van der Waals surface area contributed by atoms with Gasteiger partial charge in [0.25, 0.3) is 0 Å². The topological polar surface area (TPSA) is 49.8 Å². The van der Waals surface area contributed by atoms with Crippen molar-refractivity contribution in [2.24, 2.45) is 5.92 Å². The number of carbonyl (C=O) groups is 1. The molecule has 4 nitrogen and oxygen atoms in total. The number of esters is 1. The molecule has 0 aromatic heterocycles. The van der Waals surface area contributed by atoms with Gasteiger partial charge >= 0.3 is 5.97 Å². The van der Waals surface area contributed by atoms with Crippen molar-refractivity contribution < 1.29 is 14.6 Å². The van der Waals surface area contributed by atoms with Crippen molar-refractivity contribution in [2.75, 3.05) is 19.7 Å². The third kappa shape index (κ3) is 5.25. The summed E-state index contributed by atoms with van der Waals surface area (Å²) >= 11 is 0. The number of ether oxygens (including phenoxy) is 1. The van der Waals surface area contributed by atoms with Gasteiger partial charge in [0, 0.05) is 5.92 Å². The Bertz CT molecular complexity index is 707. The number of carbonyl (C=O) groups excluding carboxylic acids is 1. The number of hydrogen-bond donors (Lipinski definition) is 1. The molecule has 0 amide bonds. The Balaban J connectivity index is 2.18. The van der Waals surface area contributed by atoms with Crippen LogP contribution in [0.3, 0.4) is 0 Å². The maximum Gasteiger partial charge on any atom is 0.344 e. The van der Waals surface area contributed by atoms with Gasteiger partial charge in [0.05, 0.1) is 5.54 Å². The van der Waals surface area contributed by atoms with Crippen LogP contribution in [-0.4, -0.2) is 41.2 Å². The first-order valence-electron chi connectivity index (χ1n) is 11.7. The summed E-state index contributed by atoms with van der Waals surface area (Å²) in [5.41, 5.74) is -1.18. The van der Waals surface area contributed by atoms with Crippen LogP contribution in [0.25, 0.3) is 0 Å². The molecule has 0 heterocycles. The average molecular weight is 414 g/mol. The van der Waals surface area contributed by atoms with Crippen molar-refractivity contribution in [1.29, 1.82) is 0 Å². The largest absolute Gasteiger partial charge is 0.450 e. The van der Waals surface area contributed by atoms with Gasteiger partial charge in [-0.25, -0.2) is 4.79 Å². The average Bonchev–Trinajstić information content (AvgIpc) is 2.81. The molecule has 166 valence electrons. The quantitative estimate of drug-likeness (QED) is 0.462. The van der Waals surface area contributed by atoms with Crippen molar-refractivity contribution in [3.63, 3.8) is 0 Å². The van der Waals surface area contributed by atoms with Gasteiger partial charge in [0.15, 0.2) is 12.2 Å². The molecule has 0 spiro atoms. The summed E-state index contributed by atoms with van der Waals surface area (Å²) < 4.78 is 5.57. The minimum atomic E-state index is -1.60. The maximum absolute atomic E-state index is 13.1. The minimum absolute atomic E-state index is 0.00369. The SMILES string of the molecule is CCN(CC)C(C#CCOC(=O)C(O)(c1ccccc1)C1CCCCC1)(CC)CC. The first-order valence-corrected chi connectivity index (χ1v) is 11.7. The number of nitrogens with zero attached hydrogens (tertiary/aromatic N) is 1. The van der Waals surface area contributed by atoms with Crippen LogP contribution in [0.1, 0.15) is 78.2 Å². The van der Waals surface area contributed by atoms with E-state index >= 15 is 0 Å². The van der Waals surface area contributed by atoms with Gasteiger partial charge in [-0.15, -0.1) is 0 Å². The molecule has 0 bridgehead atoms. The smallest absolute Gasteiger partial charge is 0.344 e. The molecular weight excluding hydrogens is 374 g/mol. The van der Waals surface area contributed by atoms with E-state index in [0.717, 1.165) is 58.0 Å². The predicted octanol–water partition coefficient (Wildman–Crippen LogP) is 4.90. The monoisotopic (exact) mass is 413 g/mol. The van der Waals surface area contributed by atoms with Crippen molar-refractivity contribution in [3.05, 3.63) is 35.9 Å². The van der Waals surface area contributed by atoms with Gasteiger partial charge in [-0.1, -0.05) is 89.1 Å². The van der Waals surface area contributed by atoms with Crippen LogP contribution in [-0.2, 0) is 15.1 Å². The Kier molecular flexibility index (Phi) is 9.39. The van der Waals surface area contributed by atoms with E-state index in [-0.39, 0.29) is 18.1 Å². The standard InChI is InChI=1S/C26H39NO3/c1-5-25(6-2,27(7-3)8-4)20-15-21-30-24(28)26(29,22-16-11-9-12-17-22)23-18-13-10-14-19-23/h9,11-12,16-17,23,29H,5-8,10,13-14,18-19,21H2,1-4H3. The summed E-state index contributed by atoms with van der Waals surface area (Å²) in [6.45, 7) is 10.5. The van der Waals surface area contributed by atoms with Crippen LogP contribution in [0, 0.1) is 17.8 Å². The number of benzene rings is 1. The summed E-state index contributed by atoms with van der Waals surface area (Å²) in [6.07, 6.45) is 6.73. The number of hydrogen-bond acceptors (Lipinski definition) is 4. The van der Waals surface area contributed by atoms with E-state index in [0.29, 0.717) is 5.56 Å². The maximum atomic E-state index is 13.1. The van der Waals surface area contributed by atoms with Gasteiger partial charge in [-0.3, -0.25) is 4.90 Å². The summed E-state index contributed by atoms with van der Waals surface area (Å²) in [6, 6.07) is 9.25. The van der Waals surface area contributed by atoms with Gasteiger partial charge in [0.2, 0.25) is 0 Å². The minimum Gasteiger partial charge on any atom is -0.450 e. The van der Waals surface area contributed by atoms with E-state index in [1.54, 1.807) is 0 Å². The summed E-state index contributed by atoms with van der Waals surface area (Å²) in [4.78, 5) is 15.5. The highest BCUT2D eigenvalue weighted by Gasteiger charge is 2.47. The van der Waals surface area contributed by atoms with Crippen molar-refractivity contribution in [2.45, 2.75) is 83.8 Å². The molecule has 0 saturated heterocycles. The fourth-order valence-electron chi connectivity index (χ4n) is 4.93. The second-order valence-corrected chi connectivity index (χ2v) is 8.26. The lowest BCUT2D eigenvalue weighted by molar-refractivity contribution is -0.174. The van der Waals surface area contributed by atoms with E-state index in [1.807, 2.05) is 30.3 Å². The lowest BCUT2D eigenvalue weighted by Gasteiger charge is -2.38. The predicted molar refractivity (Wildman–Crippen MR) is 122 cm³/mol. The fraction of sp³-hybridized carbons (Fsp3) is 0.654. The molecule has 1 N–H and O–H groups in total. The lowest BCUT2D eigenvalue weighted by atomic mass is 9.73. The normalized spacial score (nSPS) is 17.1. The van der Waals surface area contributed by atoms with E-state index in [4.69, 9.17) is 4.74 Å². The summed E-state index contributed by atoms with van der Waals surface area (Å²) in [5, 5.41) is 11.6. The Morgan fingerprint density at radius 2 is 1.67 bits per heavy atom. The molecule has 4 heteroatoms. The van der Waals surface area contributed by atoms with Crippen LogP contribution < -0.4 is 0 Å². The zero-order valence-electron chi connectivity index (χ0n) is 19.2. The van der Waals surface area contributed by atoms with Gasteiger partial charge < -0.3 is 9.84 Å². The first kappa shape index (κ1) is 24.4. The Morgan fingerprint density at radius 3 is 2.20 bits per heavy atom. The molecule has 2 rings (SSSR count). The first-order chi connectivity index (χ1) is 14.5. The highest BCUT2D eigenvalue weighted by Crippen LogP contribution is 2.40. The molecule has 1 unspecified atom stereocenters. The molecule has 0 radical (unpaired) electrons. The van der Waals surface area contributed by atoms with E-state index in [1.165, 1.54) is 0 Å². The van der Waals surface area contributed by atoms with E-state index in [9.17, 15) is 9.90 Å². The summed E-state index contributed by atoms with van der Waals surface area (Å²) in [7, 11) is 0. The van der Waals surface area contributed by atoms with E-state index < -0.39 is 11.6 Å². The number of aliphatic hydroxyl groups is 1. The molecule has 1 atom stereocenters. The molecule has 0 aliphatic heterocycles. The number of rotatable bonds is 9. The van der Waals surface area contributed by atoms with Gasteiger partial charge in [-0.05, 0) is 44.3 Å². The molecule has 1 aliphatic carbocycles. The van der Waals surface area contributed by atoms with Crippen molar-refractivity contribution in [1.82, 2.24) is 4.90 Å². The third-order valence-corrected chi connectivity index (χ3v) is 6.86. The van der Waals surface area contributed by atoms with Crippen LogP contribution in [0.5, 0.6) is 0 Å². The highest BCUT2D eigenvalue weighted by atomic mass is 16.5. The molecule has 1 aromatic rings. The summed E-state index contributed by atoms with van der Waals surface area (Å²) in [5.74, 6) is 5.78. The van der Waals surface area contributed by atoms with Crippen LogP contribution in [0.2, 0.25) is 0 Å². The molecule has 1 aromatic carbocycles. The molecule has 1 saturated carbocycles. The zero-order chi connectivity index (χ0) is 22.0. The third-order valence-electron chi connectivity index (χ3n) is 6.86. The Morgan fingerprint density at radius 1 is 1.07 bits per heavy atom. The van der Waals surface area contributed by atoms with Crippen molar-refractivity contribution >= 4 is 5.97 Å². The lowest BCUT2D eigenvalue weighted by Crippen LogP contribution is -2.47. The Hall–Kier alpha value is -1.83. The molecular formula is C26H39NO3. The Labute approximate surface area is 183 Å². The second-order valence-electron chi connectivity index (χ2n) is 8.26. The molecule has 30 heavy (non-hydrogen) atoms. The molecule has 1 fully saturated rings. The zero-order valence-corrected chi connectivity index (χ0v) is 19.2. The van der Waals surface area contributed by atoms with E-state index in [2.05, 4.69) is 44.4 Å².